The van der Waals surface area contributed by atoms with E-state index in [1.54, 1.807) is 0 Å². The second-order valence-corrected chi connectivity index (χ2v) is 14.3. The van der Waals surface area contributed by atoms with Crippen molar-refractivity contribution in [2.75, 3.05) is 0 Å². The van der Waals surface area contributed by atoms with Gasteiger partial charge in [-0.05, 0) is 103 Å². The molecular weight excluding hydrogens is 705 g/mol. The molecule has 0 bridgehead atoms. The molecule has 0 radical (unpaired) electrons. The van der Waals surface area contributed by atoms with Crippen molar-refractivity contribution in [1.29, 1.82) is 0 Å². The van der Waals surface area contributed by atoms with Crippen LogP contribution in [0.2, 0.25) is 0 Å². The lowest BCUT2D eigenvalue weighted by Crippen LogP contribution is -1.97. The molecule has 0 aliphatic heterocycles. The maximum Gasteiger partial charge on any atom is 0.0973 e. The predicted molar refractivity (Wildman–Crippen MR) is 239 cm³/mol. The van der Waals surface area contributed by atoms with Gasteiger partial charge in [-0.3, -0.25) is 9.97 Å². The van der Waals surface area contributed by atoms with Crippen molar-refractivity contribution in [1.82, 2.24) is 19.9 Å². The van der Waals surface area contributed by atoms with Gasteiger partial charge in [0.25, 0.3) is 0 Å². The summed E-state index contributed by atoms with van der Waals surface area (Å²) in [5, 5.41) is 0. The molecule has 7 aromatic carbocycles. The van der Waals surface area contributed by atoms with Gasteiger partial charge in [-0.25, -0.2) is 9.97 Å². The van der Waals surface area contributed by atoms with Gasteiger partial charge in [0.05, 0.1) is 22.4 Å². The summed E-state index contributed by atoms with van der Waals surface area (Å²) in [7, 11) is 0. The predicted octanol–water partition coefficient (Wildman–Crippen LogP) is 13.8. The third-order valence-electron chi connectivity index (χ3n) is 10.8. The van der Waals surface area contributed by atoms with Crippen LogP contribution in [0.25, 0.3) is 100 Å². The molecule has 0 atom stereocenters. The monoisotopic (exact) mass is 740 g/mol. The molecule has 10 aromatic rings. The summed E-state index contributed by atoms with van der Waals surface area (Å²) in [4.78, 5) is 19.3. The molecule has 3 aromatic heterocycles. The Morgan fingerprint density at radius 2 is 0.483 bits per heavy atom. The van der Waals surface area contributed by atoms with E-state index in [2.05, 4.69) is 180 Å². The SMILES string of the molecule is c1ccc(-c2ccc(-c3cc4nc(-c5ccc(-c6ccncc6)cc5)c(-c5ccc(-c6ccncc6)cc5)nc4cc3-c3ccc(-c4ccccc4)cc3)cc2)cc1. The van der Waals surface area contributed by atoms with Crippen LogP contribution in [-0.4, -0.2) is 19.9 Å². The first-order valence-corrected chi connectivity index (χ1v) is 19.4. The molecule has 10 rings (SSSR count). The molecule has 0 spiro atoms. The van der Waals surface area contributed by atoms with Crippen LogP contribution in [-0.2, 0) is 0 Å². The molecule has 0 unspecified atom stereocenters. The van der Waals surface area contributed by atoms with Crippen molar-refractivity contribution < 1.29 is 0 Å². The largest absolute Gasteiger partial charge is 0.265 e. The summed E-state index contributed by atoms with van der Waals surface area (Å²) < 4.78 is 0. The Morgan fingerprint density at radius 3 is 0.810 bits per heavy atom. The average Bonchev–Trinajstić information content (AvgIpc) is 3.32. The zero-order valence-electron chi connectivity index (χ0n) is 31.6. The lowest BCUT2D eigenvalue weighted by molar-refractivity contribution is 1.29. The zero-order valence-corrected chi connectivity index (χ0v) is 31.6. The number of rotatable bonds is 8. The third kappa shape index (κ3) is 6.95. The van der Waals surface area contributed by atoms with Gasteiger partial charge in [0.1, 0.15) is 0 Å². The molecule has 4 nitrogen and oxygen atoms in total. The first kappa shape index (κ1) is 34.7. The van der Waals surface area contributed by atoms with Gasteiger partial charge in [-0.2, -0.15) is 0 Å². The topological polar surface area (TPSA) is 51.6 Å². The van der Waals surface area contributed by atoms with Crippen LogP contribution >= 0.6 is 0 Å². The van der Waals surface area contributed by atoms with Crippen LogP contribution in [0.4, 0.5) is 0 Å². The molecule has 58 heavy (non-hydrogen) atoms. The first-order valence-electron chi connectivity index (χ1n) is 19.4. The molecule has 0 aliphatic rings. The number of hydrogen-bond donors (Lipinski definition) is 0. The minimum Gasteiger partial charge on any atom is -0.265 e. The lowest BCUT2D eigenvalue weighted by Gasteiger charge is -2.16. The van der Waals surface area contributed by atoms with Crippen molar-refractivity contribution in [3.05, 3.63) is 219 Å². The first-order chi connectivity index (χ1) is 28.7. The molecule has 0 amide bonds. The molecule has 0 saturated heterocycles. The number of nitrogens with zero attached hydrogens (tertiary/aromatic N) is 4. The van der Waals surface area contributed by atoms with Crippen LogP contribution in [0.15, 0.2) is 219 Å². The van der Waals surface area contributed by atoms with E-state index >= 15 is 0 Å². The fraction of sp³-hybridized carbons (Fsp3) is 0. The van der Waals surface area contributed by atoms with Crippen LogP contribution in [0, 0.1) is 0 Å². The Kier molecular flexibility index (Phi) is 9.18. The minimum atomic E-state index is 0.829. The van der Waals surface area contributed by atoms with Gasteiger partial charge in [0.2, 0.25) is 0 Å². The Morgan fingerprint density at radius 1 is 0.224 bits per heavy atom. The van der Waals surface area contributed by atoms with Crippen molar-refractivity contribution in [2.45, 2.75) is 0 Å². The van der Waals surface area contributed by atoms with Gasteiger partial charge in [-0.15, -0.1) is 0 Å². The van der Waals surface area contributed by atoms with E-state index in [4.69, 9.17) is 9.97 Å². The molecule has 0 N–H and O–H groups in total. The summed E-state index contributed by atoms with van der Waals surface area (Å²) in [6.45, 7) is 0. The molecule has 3 heterocycles. The van der Waals surface area contributed by atoms with Crippen LogP contribution in [0.1, 0.15) is 0 Å². The van der Waals surface area contributed by atoms with Crippen molar-refractivity contribution in [3.63, 3.8) is 0 Å². The Balaban J connectivity index is 1.14. The number of fused-ring (bicyclic) bond motifs is 1. The standard InChI is InChI=1S/C54H36N4/c1-3-7-37(8-4-1)39-11-19-45(20-12-39)49-35-51-52(36-50(49)46-21-13-40(14-22-46)38-9-5-2-6-10-38)58-54(48-25-17-42(18-26-48)44-29-33-56-34-30-44)53(57-51)47-23-15-41(16-24-47)43-27-31-55-32-28-43/h1-36H. The van der Waals surface area contributed by atoms with E-state index in [9.17, 15) is 0 Å². The quantitative estimate of drug-likeness (QED) is 0.156. The highest BCUT2D eigenvalue weighted by atomic mass is 14.8. The van der Waals surface area contributed by atoms with Gasteiger partial charge < -0.3 is 0 Å². The Hall–Kier alpha value is -7.82. The van der Waals surface area contributed by atoms with E-state index in [0.717, 1.165) is 78.1 Å². The third-order valence-corrected chi connectivity index (χ3v) is 10.8. The summed E-state index contributed by atoms with van der Waals surface area (Å²) in [6, 6.07) is 68.4. The van der Waals surface area contributed by atoms with Crippen LogP contribution < -0.4 is 0 Å². The van der Waals surface area contributed by atoms with Gasteiger partial charge in [0.15, 0.2) is 0 Å². The number of hydrogen-bond acceptors (Lipinski definition) is 4. The number of pyridine rings is 2. The highest BCUT2D eigenvalue weighted by Crippen LogP contribution is 2.40. The van der Waals surface area contributed by atoms with Gasteiger partial charge in [-0.1, -0.05) is 158 Å². The maximum atomic E-state index is 5.46. The molecule has 0 saturated carbocycles. The summed E-state index contributed by atoms with van der Waals surface area (Å²) in [6.07, 6.45) is 7.30. The highest BCUT2D eigenvalue weighted by Gasteiger charge is 2.18. The van der Waals surface area contributed by atoms with Gasteiger partial charge in [0, 0.05) is 35.9 Å². The van der Waals surface area contributed by atoms with E-state index in [-0.39, 0.29) is 0 Å². The normalized spacial score (nSPS) is 11.1. The summed E-state index contributed by atoms with van der Waals surface area (Å²) in [5.41, 5.74) is 18.9. The molecule has 272 valence electrons. The molecule has 0 aliphatic carbocycles. The summed E-state index contributed by atoms with van der Waals surface area (Å²) >= 11 is 0. The molecule has 4 heteroatoms. The molecular formula is C54H36N4. The van der Waals surface area contributed by atoms with E-state index in [0.29, 0.717) is 0 Å². The van der Waals surface area contributed by atoms with Crippen LogP contribution in [0.3, 0.4) is 0 Å². The highest BCUT2D eigenvalue weighted by molar-refractivity contribution is 5.96. The van der Waals surface area contributed by atoms with E-state index < -0.39 is 0 Å². The van der Waals surface area contributed by atoms with Gasteiger partial charge >= 0.3 is 0 Å². The van der Waals surface area contributed by atoms with Crippen molar-refractivity contribution in [2.24, 2.45) is 0 Å². The fourth-order valence-corrected chi connectivity index (χ4v) is 7.66. The lowest BCUT2D eigenvalue weighted by atomic mass is 9.91. The van der Waals surface area contributed by atoms with Crippen LogP contribution in [0.5, 0.6) is 0 Å². The average molecular weight is 741 g/mol. The summed E-state index contributed by atoms with van der Waals surface area (Å²) in [5.74, 6) is 0. The smallest absolute Gasteiger partial charge is 0.0973 e. The Labute approximate surface area is 337 Å². The van der Waals surface area contributed by atoms with E-state index in [1.807, 2.05) is 49.1 Å². The second kappa shape index (κ2) is 15.4. The second-order valence-electron chi connectivity index (χ2n) is 14.3. The van der Waals surface area contributed by atoms with Crippen molar-refractivity contribution >= 4 is 11.0 Å². The number of benzene rings is 7. The van der Waals surface area contributed by atoms with Crippen molar-refractivity contribution in [3.8, 4) is 89.3 Å². The fourth-order valence-electron chi connectivity index (χ4n) is 7.66. The maximum absolute atomic E-state index is 5.46. The van der Waals surface area contributed by atoms with E-state index in [1.165, 1.54) is 22.3 Å². The minimum absolute atomic E-state index is 0.829. The number of aromatic nitrogens is 4. The molecule has 0 fully saturated rings. The zero-order chi connectivity index (χ0) is 38.7. The Bertz CT molecular complexity index is 2550.